The van der Waals surface area contributed by atoms with Crippen LogP contribution in [0.1, 0.15) is 5.69 Å². The smallest absolute Gasteiger partial charge is 0.182 e. The Bertz CT molecular complexity index is 334. The summed E-state index contributed by atoms with van der Waals surface area (Å²) >= 11 is 12.2. The number of aldehydes is 1. The number of carbonyl (C=O) groups is 1. The molecule has 1 aromatic rings. The molecule has 1 rings (SSSR count). The Hall–Kier alpha value is -0.580. The largest absolute Gasteiger partial charge is 0.375 e. The van der Waals surface area contributed by atoms with E-state index in [0.29, 0.717) is 21.4 Å². The number of hydrogen-bond donors (Lipinski definition) is 1. The second-order valence-electron chi connectivity index (χ2n) is 1.86. The number of carbonyl (C=O) groups excluding carboxylic acids is 1. The Morgan fingerprint density at radius 1 is 1.67 bits per heavy atom. The summed E-state index contributed by atoms with van der Waals surface area (Å²) in [5, 5.41) is 0.313. The molecule has 0 aliphatic rings. The van der Waals surface area contributed by atoms with E-state index in [9.17, 15) is 4.79 Å². The number of thiazole rings is 1. The van der Waals surface area contributed by atoms with Crippen molar-refractivity contribution < 1.29 is 4.79 Å². The first-order chi connectivity index (χ1) is 5.69. The number of rotatable bonds is 2. The molecule has 0 amide bonds. The molecule has 2 N–H and O–H groups in total. The molecule has 0 aliphatic carbocycles. The predicted molar refractivity (Wildman–Crippen MR) is 51.4 cm³/mol. The Balaban J connectivity index is 3.17. The standard InChI is InChI=1S/C6H4Cl2N2OS/c7-1-3(2-11)4-5(8)12-6(9)10-4/h1-2H,(H2,9,10). The summed E-state index contributed by atoms with van der Waals surface area (Å²) in [7, 11) is 0. The summed E-state index contributed by atoms with van der Waals surface area (Å²) in [6.07, 6.45) is 0.577. The Morgan fingerprint density at radius 2 is 2.33 bits per heavy atom. The minimum absolute atomic E-state index is 0.231. The lowest BCUT2D eigenvalue weighted by Crippen LogP contribution is -1.87. The molecule has 64 valence electrons. The fourth-order valence-electron chi connectivity index (χ4n) is 0.628. The fraction of sp³-hybridized carbons (Fsp3) is 0. The maximum Gasteiger partial charge on any atom is 0.182 e. The molecular formula is C6H4Cl2N2OS. The number of aromatic nitrogens is 1. The van der Waals surface area contributed by atoms with E-state index in [1.807, 2.05) is 0 Å². The van der Waals surface area contributed by atoms with Gasteiger partial charge in [-0.25, -0.2) is 4.98 Å². The van der Waals surface area contributed by atoms with E-state index in [4.69, 9.17) is 28.9 Å². The van der Waals surface area contributed by atoms with Crippen LogP contribution in [0.2, 0.25) is 4.34 Å². The van der Waals surface area contributed by atoms with Crippen LogP contribution >= 0.6 is 34.5 Å². The molecule has 0 aliphatic heterocycles. The lowest BCUT2D eigenvalue weighted by Gasteiger charge is -1.90. The van der Waals surface area contributed by atoms with Crippen molar-refractivity contribution in [1.82, 2.24) is 4.98 Å². The maximum atomic E-state index is 10.4. The van der Waals surface area contributed by atoms with Gasteiger partial charge in [-0.2, -0.15) is 0 Å². The maximum absolute atomic E-state index is 10.4. The Morgan fingerprint density at radius 3 is 2.67 bits per heavy atom. The van der Waals surface area contributed by atoms with Crippen molar-refractivity contribution in [2.75, 3.05) is 5.73 Å². The second kappa shape index (κ2) is 3.89. The molecule has 0 fully saturated rings. The van der Waals surface area contributed by atoms with Crippen LogP contribution in [0, 0.1) is 0 Å². The molecule has 0 bridgehead atoms. The number of nitrogens with two attached hydrogens (primary N) is 1. The van der Waals surface area contributed by atoms with E-state index in [1.54, 1.807) is 0 Å². The molecule has 0 unspecified atom stereocenters. The van der Waals surface area contributed by atoms with Crippen LogP contribution in [0.25, 0.3) is 5.57 Å². The summed E-state index contributed by atoms with van der Waals surface area (Å²) in [5.74, 6) is 0. The van der Waals surface area contributed by atoms with Gasteiger partial charge in [0.15, 0.2) is 11.4 Å². The minimum Gasteiger partial charge on any atom is -0.375 e. The van der Waals surface area contributed by atoms with Crippen molar-refractivity contribution in [3.63, 3.8) is 0 Å². The van der Waals surface area contributed by atoms with Gasteiger partial charge in [0.05, 0.1) is 5.57 Å². The molecule has 0 atom stereocenters. The average molecular weight is 223 g/mol. The van der Waals surface area contributed by atoms with E-state index < -0.39 is 0 Å². The third kappa shape index (κ3) is 1.77. The van der Waals surface area contributed by atoms with Crippen LogP contribution in [-0.2, 0) is 4.79 Å². The third-order valence-corrected chi connectivity index (χ3v) is 2.44. The molecule has 0 aromatic carbocycles. The van der Waals surface area contributed by atoms with Crippen LogP contribution < -0.4 is 5.73 Å². The monoisotopic (exact) mass is 222 g/mol. The van der Waals surface area contributed by atoms with E-state index in [1.165, 1.54) is 0 Å². The minimum atomic E-state index is 0.231. The first-order valence-electron chi connectivity index (χ1n) is 2.86. The van der Waals surface area contributed by atoms with E-state index in [-0.39, 0.29) is 5.57 Å². The van der Waals surface area contributed by atoms with Crippen molar-refractivity contribution >= 4 is 51.5 Å². The van der Waals surface area contributed by atoms with E-state index in [0.717, 1.165) is 16.9 Å². The Kier molecular flexibility index (Phi) is 3.08. The molecule has 6 heteroatoms. The molecule has 0 saturated heterocycles. The molecule has 12 heavy (non-hydrogen) atoms. The quantitative estimate of drug-likeness (QED) is 0.617. The van der Waals surface area contributed by atoms with Crippen LogP contribution in [-0.4, -0.2) is 11.3 Å². The number of allylic oxidation sites excluding steroid dienone is 1. The number of nitrogen functional groups attached to an aromatic ring is 1. The predicted octanol–water partition coefficient (Wildman–Crippen LogP) is 2.16. The van der Waals surface area contributed by atoms with Gasteiger partial charge < -0.3 is 5.73 Å². The second-order valence-corrected chi connectivity index (χ2v) is 3.71. The van der Waals surface area contributed by atoms with Crippen LogP contribution in [0.3, 0.4) is 0 Å². The van der Waals surface area contributed by atoms with Crippen LogP contribution in [0.4, 0.5) is 5.13 Å². The summed E-state index contributed by atoms with van der Waals surface area (Å²) in [6.45, 7) is 0. The highest BCUT2D eigenvalue weighted by molar-refractivity contribution is 7.19. The van der Waals surface area contributed by atoms with Crippen molar-refractivity contribution in [2.24, 2.45) is 0 Å². The van der Waals surface area contributed by atoms with Crippen LogP contribution in [0.15, 0.2) is 5.54 Å². The lowest BCUT2D eigenvalue weighted by atomic mass is 10.3. The first kappa shape index (κ1) is 9.51. The van der Waals surface area contributed by atoms with Gasteiger partial charge in [0.25, 0.3) is 0 Å². The zero-order valence-electron chi connectivity index (χ0n) is 5.75. The van der Waals surface area contributed by atoms with Crippen molar-refractivity contribution in [3.05, 3.63) is 15.6 Å². The molecule has 0 saturated carbocycles. The zero-order chi connectivity index (χ0) is 9.14. The van der Waals surface area contributed by atoms with Gasteiger partial charge in [-0.3, -0.25) is 4.79 Å². The summed E-state index contributed by atoms with van der Waals surface area (Å²) in [5.41, 5.74) is 7.05. The Labute approximate surface area is 82.8 Å². The number of hydrogen-bond acceptors (Lipinski definition) is 4. The van der Waals surface area contributed by atoms with Gasteiger partial charge >= 0.3 is 0 Å². The highest BCUT2D eigenvalue weighted by Crippen LogP contribution is 2.30. The molecule has 0 radical (unpaired) electrons. The SMILES string of the molecule is Nc1nc(C(C=O)=CCl)c(Cl)s1. The van der Waals surface area contributed by atoms with Gasteiger partial charge in [-0.15, -0.1) is 0 Å². The molecule has 1 heterocycles. The normalized spacial score (nSPS) is 11.7. The van der Waals surface area contributed by atoms with E-state index >= 15 is 0 Å². The molecule has 3 nitrogen and oxygen atoms in total. The van der Waals surface area contributed by atoms with E-state index in [2.05, 4.69) is 4.98 Å². The summed E-state index contributed by atoms with van der Waals surface area (Å²) in [6, 6.07) is 0. The van der Waals surface area contributed by atoms with Gasteiger partial charge in [-0.1, -0.05) is 34.5 Å². The topological polar surface area (TPSA) is 56.0 Å². The van der Waals surface area contributed by atoms with Crippen molar-refractivity contribution in [1.29, 1.82) is 0 Å². The van der Waals surface area contributed by atoms with Gasteiger partial charge in [0.1, 0.15) is 10.0 Å². The summed E-state index contributed by atoms with van der Waals surface area (Å²) in [4.78, 5) is 14.2. The highest BCUT2D eigenvalue weighted by atomic mass is 35.5. The molecular weight excluding hydrogens is 219 g/mol. The van der Waals surface area contributed by atoms with Crippen LogP contribution in [0.5, 0.6) is 0 Å². The number of halogens is 2. The van der Waals surface area contributed by atoms with Gasteiger partial charge in [-0.05, 0) is 0 Å². The molecule has 1 aromatic heterocycles. The summed E-state index contributed by atoms with van der Waals surface area (Å²) < 4.78 is 0.367. The molecule has 0 spiro atoms. The average Bonchev–Trinajstić information content (AvgIpc) is 2.34. The fourth-order valence-corrected chi connectivity index (χ4v) is 1.75. The zero-order valence-corrected chi connectivity index (χ0v) is 8.08. The lowest BCUT2D eigenvalue weighted by molar-refractivity contribution is -0.103. The van der Waals surface area contributed by atoms with Gasteiger partial charge in [0.2, 0.25) is 0 Å². The van der Waals surface area contributed by atoms with Gasteiger partial charge in [0, 0.05) is 5.54 Å². The number of nitrogens with zero attached hydrogens (tertiary/aromatic N) is 1. The third-order valence-electron chi connectivity index (χ3n) is 1.12. The first-order valence-corrected chi connectivity index (χ1v) is 4.50. The van der Waals surface area contributed by atoms with Crippen molar-refractivity contribution in [2.45, 2.75) is 0 Å². The highest BCUT2D eigenvalue weighted by Gasteiger charge is 2.10. The van der Waals surface area contributed by atoms with Crippen molar-refractivity contribution in [3.8, 4) is 0 Å². The number of anilines is 1.